The van der Waals surface area contributed by atoms with Gasteiger partial charge in [0.2, 0.25) is 0 Å². The van der Waals surface area contributed by atoms with Crippen molar-refractivity contribution in [3.8, 4) is 0 Å². The lowest BCUT2D eigenvalue weighted by Crippen LogP contribution is -2.45. The van der Waals surface area contributed by atoms with Crippen molar-refractivity contribution in [2.45, 2.75) is 202 Å². The molecule has 0 aliphatic heterocycles. The molecule has 11 heteroatoms. The molecule has 4 aliphatic rings. The van der Waals surface area contributed by atoms with Crippen molar-refractivity contribution in [2.24, 2.45) is 22.2 Å². The number of hydrogen-bond donors (Lipinski definition) is 0. The second-order valence-corrected chi connectivity index (χ2v) is 18.1. The number of esters is 3. The molecule has 0 spiro atoms. The van der Waals surface area contributed by atoms with Crippen molar-refractivity contribution in [1.29, 1.82) is 0 Å². The maximum atomic E-state index is 12.7. The normalized spacial score (nSPS) is 23.6. The summed E-state index contributed by atoms with van der Waals surface area (Å²) >= 11 is 0. The van der Waals surface area contributed by atoms with Crippen LogP contribution in [0.3, 0.4) is 0 Å². The van der Waals surface area contributed by atoms with Crippen LogP contribution in [0.5, 0.6) is 0 Å². The minimum Gasteiger partial charge on any atom is -0.466 e. The summed E-state index contributed by atoms with van der Waals surface area (Å²) in [5.74, 6) is 0.401. The van der Waals surface area contributed by atoms with Crippen molar-refractivity contribution >= 4 is 17.9 Å². The summed E-state index contributed by atoms with van der Waals surface area (Å²) in [7, 11) is 0. The lowest BCUT2D eigenvalue weighted by molar-refractivity contribution is -0.146. The van der Waals surface area contributed by atoms with Crippen LogP contribution < -0.4 is 0 Å². The average Bonchev–Trinajstić information content (AvgIpc) is 3.38. The lowest BCUT2D eigenvalue weighted by atomic mass is 9.49. The third kappa shape index (κ3) is 19.4. The molecule has 4 unspecified atom stereocenters. The van der Waals surface area contributed by atoms with E-state index in [0.717, 1.165) is 103 Å². The minimum absolute atomic E-state index is 0.0676. The first kappa shape index (κ1) is 51.6. The molecule has 4 fully saturated rings. The van der Waals surface area contributed by atoms with Crippen LogP contribution in [-0.4, -0.2) is 101 Å². The zero-order chi connectivity index (χ0) is 42.8. The van der Waals surface area contributed by atoms with Crippen LogP contribution in [-0.2, 0) is 47.5 Å². The van der Waals surface area contributed by atoms with Gasteiger partial charge < -0.3 is 38.1 Å². The van der Waals surface area contributed by atoms with Gasteiger partial charge in [-0.25, -0.2) is 0 Å². The molecule has 59 heavy (non-hydrogen) atoms. The largest absolute Gasteiger partial charge is 0.466 e. The summed E-state index contributed by atoms with van der Waals surface area (Å²) in [6.45, 7) is 19.1. The van der Waals surface area contributed by atoms with E-state index >= 15 is 0 Å². The maximum Gasteiger partial charge on any atom is 0.305 e. The van der Waals surface area contributed by atoms with Crippen molar-refractivity contribution < 1.29 is 47.5 Å². The first-order valence-corrected chi connectivity index (χ1v) is 24.2. The van der Waals surface area contributed by atoms with E-state index in [1.807, 2.05) is 27.7 Å². The highest BCUT2D eigenvalue weighted by Crippen LogP contribution is 2.69. The van der Waals surface area contributed by atoms with Crippen molar-refractivity contribution in [2.75, 3.05) is 65.9 Å². The predicted molar refractivity (Wildman–Crippen MR) is 232 cm³/mol. The molecular formula is C48H87NO10. The number of hydrogen-bond acceptors (Lipinski definition) is 11. The zero-order valence-corrected chi connectivity index (χ0v) is 38.6. The molecule has 0 radical (unpaired) electrons. The quantitative estimate of drug-likeness (QED) is 0.0260. The van der Waals surface area contributed by atoms with E-state index in [1.54, 1.807) is 0 Å². The van der Waals surface area contributed by atoms with Gasteiger partial charge in [-0.3, -0.25) is 14.4 Å². The smallest absolute Gasteiger partial charge is 0.305 e. The van der Waals surface area contributed by atoms with E-state index in [0.29, 0.717) is 71.4 Å². The minimum atomic E-state index is -0.198. The summed E-state index contributed by atoms with van der Waals surface area (Å²) < 4.78 is 39.9. The molecule has 4 atom stereocenters. The topological polar surface area (TPSA) is 119 Å². The molecule has 344 valence electrons. The monoisotopic (exact) mass is 838 g/mol. The Bertz CT molecular complexity index is 1150. The van der Waals surface area contributed by atoms with E-state index in [2.05, 4.69) is 18.7 Å². The number of nitrogens with zero attached hydrogens (tertiary/aromatic N) is 1. The number of carbonyl (C=O) groups is 3. The number of ether oxygens (including phenoxy) is 7. The van der Waals surface area contributed by atoms with Gasteiger partial charge in [-0.15, -0.1) is 0 Å². The van der Waals surface area contributed by atoms with Crippen LogP contribution >= 0.6 is 0 Å². The van der Waals surface area contributed by atoms with Crippen LogP contribution in [0, 0.1) is 22.2 Å². The standard InChI is InChI=1S/C48H87NO10/c1-7-49(8-2)31-17-23-43(52)59-33-19-27-47-30-29-46(26-18-32-57-41(50)21-13-15-24-44(53-9-3)54-10-4)35-40(36-47)37-48(38-46,39-47)28-20-34-58-42(51)22-14-16-25-45(55-11-5)56-12-6/h40,44-45H,7-39H2,1-6H3. The summed E-state index contributed by atoms with van der Waals surface area (Å²) in [6, 6.07) is 0. The molecule has 0 aromatic carbocycles. The fraction of sp³-hybridized carbons (Fsp3) is 0.938. The molecule has 0 heterocycles. The van der Waals surface area contributed by atoms with Crippen LogP contribution in [0.2, 0.25) is 0 Å². The Balaban J connectivity index is 1.52. The van der Waals surface area contributed by atoms with Gasteiger partial charge in [0, 0.05) is 45.7 Å². The Labute approximate surface area is 359 Å². The summed E-state index contributed by atoms with van der Waals surface area (Å²) in [5.41, 5.74) is 0.760. The SMILES string of the molecule is CCOC(CCCCC(=O)OCCCC12CCC3(CCCOC(=O)CCCN(CC)CC)CC(C1)CC(CCCOC(=O)CCCCC(OCC)OCC)(C2)C3)OCC. The Morgan fingerprint density at radius 1 is 0.508 bits per heavy atom. The summed E-state index contributed by atoms with van der Waals surface area (Å²) in [6.07, 6.45) is 21.3. The third-order valence-electron chi connectivity index (χ3n) is 13.5. The van der Waals surface area contributed by atoms with Gasteiger partial charge in [0.05, 0.1) is 19.8 Å². The maximum absolute atomic E-state index is 12.7. The Morgan fingerprint density at radius 3 is 1.27 bits per heavy atom. The molecule has 0 aromatic heterocycles. The van der Waals surface area contributed by atoms with E-state index < -0.39 is 0 Å². The molecule has 4 saturated carbocycles. The number of carbonyl (C=O) groups excluding carboxylic acids is 3. The first-order chi connectivity index (χ1) is 28.6. The fourth-order valence-corrected chi connectivity index (χ4v) is 11.3. The molecule has 11 nitrogen and oxygen atoms in total. The van der Waals surface area contributed by atoms with Gasteiger partial charge in [0.1, 0.15) is 0 Å². The molecule has 0 amide bonds. The highest BCUT2D eigenvalue weighted by atomic mass is 16.7. The van der Waals surface area contributed by atoms with Gasteiger partial charge in [0.15, 0.2) is 12.6 Å². The number of unbranched alkanes of at least 4 members (excludes halogenated alkanes) is 2. The first-order valence-electron chi connectivity index (χ1n) is 24.2. The average molecular weight is 838 g/mol. The Morgan fingerprint density at radius 2 is 0.881 bits per heavy atom. The van der Waals surface area contributed by atoms with Gasteiger partial charge in [0.25, 0.3) is 0 Å². The summed E-state index contributed by atoms with van der Waals surface area (Å²) in [4.78, 5) is 40.3. The Hall–Kier alpha value is -1.79. The predicted octanol–water partition coefficient (Wildman–Crippen LogP) is 10.3. The van der Waals surface area contributed by atoms with E-state index in [1.165, 1.54) is 44.9 Å². The fourth-order valence-electron chi connectivity index (χ4n) is 11.3. The van der Waals surface area contributed by atoms with Gasteiger partial charge in [-0.1, -0.05) is 13.8 Å². The van der Waals surface area contributed by atoms with Crippen molar-refractivity contribution in [3.63, 3.8) is 0 Å². The van der Waals surface area contributed by atoms with Gasteiger partial charge >= 0.3 is 17.9 Å². The zero-order valence-electron chi connectivity index (χ0n) is 38.6. The van der Waals surface area contributed by atoms with Crippen LogP contribution in [0.25, 0.3) is 0 Å². The van der Waals surface area contributed by atoms with E-state index in [4.69, 9.17) is 33.2 Å². The van der Waals surface area contributed by atoms with Crippen LogP contribution in [0.4, 0.5) is 0 Å². The van der Waals surface area contributed by atoms with Gasteiger partial charge in [-0.2, -0.15) is 0 Å². The van der Waals surface area contributed by atoms with Crippen molar-refractivity contribution in [3.05, 3.63) is 0 Å². The number of rotatable bonds is 36. The number of fused-ring (bicyclic) bond motifs is 1. The highest BCUT2D eigenvalue weighted by Gasteiger charge is 2.58. The highest BCUT2D eigenvalue weighted by molar-refractivity contribution is 5.69. The lowest BCUT2D eigenvalue weighted by Gasteiger charge is -2.56. The van der Waals surface area contributed by atoms with Crippen LogP contribution in [0.1, 0.15) is 189 Å². The second-order valence-electron chi connectivity index (χ2n) is 18.1. The molecule has 4 bridgehead atoms. The molecule has 0 N–H and O–H groups in total. The van der Waals surface area contributed by atoms with Gasteiger partial charge in [-0.05, 0) is 198 Å². The summed E-state index contributed by atoms with van der Waals surface area (Å²) in [5, 5.41) is 0. The molecular weight excluding hydrogens is 751 g/mol. The second kappa shape index (κ2) is 28.7. The van der Waals surface area contributed by atoms with E-state index in [-0.39, 0.29) is 46.7 Å². The van der Waals surface area contributed by atoms with Crippen LogP contribution in [0.15, 0.2) is 0 Å². The third-order valence-corrected chi connectivity index (χ3v) is 13.5. The molecule has 4 rings (SSSR count). The molecule has 0 aromatic rings. The van der Waals surface area contributed by atoms with Crippen molar-refractivity contribution in [1.82, 2.24) is 4.90 Å². The Kier molecular flexibility index (Phi) is 25.1. The molecule has 0 saturated heterocycles. The molecule has 4 aliphatic carbocycles. The van der Waals surface area contributed by atoms with E-state index in [9.17, 15) is 14.4 Å².